The Morgan fingerprint density at radius 3 is 2.56 bits per heavy atom. The number of hydrogen-bond donors (Lipinski definition) is 1. The number of ether oxygens (including phenoxy) is 2. The SMILES string of the molecule is COc1ccc(CNC(=O)c2sc3cc(Cl)ccc3c2Cl)cc1OC. The van der Waals surface area contributed by atoms with Gasteiger partial charge in [0.15, 0.2) is 11.5 Å². The predicted octanol–water partition coefficient (Wildman–Crippen LogP) is 5.16. The third-order valence-electron chi connectivity index (χ3n) is 3.70. The van der Waals surface area contributed by atoms with Crippen molar-refractivity contribution in [3.8, 4) is 11.5 Å². The third kappa shape index (κ3) is 3.68. The van der Waals surface area contributed by atoms with Gasteiger partial charge >= 0.3 is 0 Å². The molecule has 0 aliphatic heterocycles. The first-order valence-corrected chi connectivity index (χ1v) is 8.97. The summed E-state index contributed by atoms with van der Waals surface area (Å²) in [5.74, 6) is 1.03. The van der Waals surface area contributed by atoms with Gasteiger partial charge in [-0.1, -0.05) is 35.3 Å². The monoisotopic (exact) mass is 395 g/mol. The van der Waals surface area contributed by atoms with Crippen LogP contribution in [0.4, 0.5) is 0 Å². The van der Waals surface area contributed by atoms with Crippen LogP contribution >= 0.6 is 34.5 Å². The summed E-state index contributed by atoms with van der Waals surface area (Å²) in [5, 5.41) is 4.76. The number of nitrogens with one attached hydrogen (secondary N) is 1. The molecule has 0 saturated heterocycles. The van der Waals surface area contributed by atoms with Crippen molar-refractivity contribution in [2.24, 2.45) is 0 Å². The van der Waals surface area contributed by atoms with E-state index in [2.05, 4.69) is 5.32 Å². The zero-order chi connectivity index (χ0) is 18.0. The molecule has 0 unspecified atom stereocenters. The number of hydrogen-bond acceptors (Lipinski definition) is 4. The van der Waals surface area contributed by atoms with Crippen LogP contribution in [0, 0.1) is 0 Å². The minimum atomic E-state index is -0.225. The van der Waals surface area contributed by atoms with Crippen LogP contribution in [-0.2, 0) is 6.54 Å². The average molecular weight is 396 g/mol. The number of carbonyl (C=O) groups excluding carboxylic acids is 1. The molecule has 25 heavy (non-hydrogen) atoms. The highest BCUT2D eigenvalue weighted by Gasteiger charge is 2.17. The van der Waals surface area contributed by atoms with Gasteiger partial charge in [0.2, 0.25) is 0 Å². The summed E-state index contributed by atoms with van der Waals surface area (Å²) in [6, 6.07) is 10.9. The van der Waals surface area contributed by atoms with E-state index in [1.54, 1.807) is 32.4 Å². The van der Waals surface area contributed by atoms with Crippen LogP contribution in [0.5, 0.6) is 11.5 Å². The Morgan fingerprint density at radius 2 is 1.84 bits per heavy atom. The molecule has 0 atom stereocenters. The number of carbonyl (C=O) groups is 1. The van der Waals surface area contributed by atoms with E-state index in [0.717, 1.165) is 15.6 Å². The normalized spacial score (nSPS) is 10.7. The zero-order valence-electron chi connectivity index (χ0n) is 13.6. The molecule has 0 bridgehead atoms. The highest BCUT2D eigenvalue weighted by atomic mass is 35.5. The maximum atomic E-state index is 12.5. The second-order valence-corrected chi connectivity index (χ2v) is 7.12. The van der Waals surface area contributed by atoms with E-state index in [1.807, 2.05) is 18.2 Å². The van der Waals surface area contributed by atoms with Crippen molar-refractivity contribution in [2.75, 3.05) is 14.2 Å². The molecular weight excluding hydrogens is 381 g/mol. The molecule has 0 fully saturated rings. The first-order chi connectivity index (χ1) is 12.0. The van der Waals surface area contributed by atoms with Gasteiger partial charge in [-0.05, 0) is 29.8 Å². The van der Waals surface area contributed by atoms with Crippen LogP contribution < -0.4 is 14.8 Å². The quantitative estimate of drug-likeness (QED) is 0.649. The molecule has 0 saturated carbocycles. The number of benzene rings is 2. The van der Waals surface area contributed by atoms with Crippen LogP contribution in [0.1, 0.15) is 15.2 Å². The first-order valence-electron chi connectivity index (χ1n) is 7.40. The van der Waals surface area contributed by atoms with Crippen molar-refractivity contribution in [3.05, 3.63) is 56.9 Å². The molecule has 3 rings (SSSR count). The molecule has 0 spiro atoms. The Kier molecular flexibility index (Phi) is 5.37. The molecule has 130 valence electrons. The summed E-state index contributed by atoms with van der Waals surface area (Å²) in [4.78, 5) is 13.0. The van der Waals surface area contributed by atoms with Crippen molar-refractivity contribution in [2.45, 2.75) is 6.54 Å². The van der Waals surface area contributed by atoms with Gasteiger partial charge in [0, 0.05) is 21.7 Å². The lowest BCUT2D eigenvalue weighted by Crippen LogP contribution is -2.22. The molecule has 4 nitrogen and oxygen atoms in total. The van der Waals surface area contributed by atoms with Crippen LogP contribution in [0.15, 0.2) is 36.4 Å². The molecule has 0 aliphatic rings. The summed E-state index contributed by atoms with van der Waals surface area (Å²) in [6.45, 7) is 0.352. The second kappa shape index (κ2) is 7.52. The van der Waals surface area contributed by atoms with Crippen molar-refractivity contribution < 1.29 is 14.3 Å². The topological polar surface area (TPSA) is 47.6 Å². The lowest BCUT2D eigenvalue weighted by Gasteiger charge is -2.10. The predicted molar refractivity (Wildman–Crippen MR) is 103 cm³/mol. The fraction of sp³-hybridized carbons (Fsp3) is 0.167. The molecule has 2 aromatic carbocycles. The van der Waals surface area contributed by atoms with Crippen LogP contribution in [0.2, 0.25) is 10.0 Å². The van der Waals surface area contributed by atoms with Gasteiger partial charge in [-0.2, -0.15) is 0 Å². The fourth-order valence-electron chi connectivity index (χ4n) is 2.44. The molecule has 1 aromatic heterocycles. The smallest absolute Gasteiger partial charge is 0.263 e. The number of halogens is 2. The summed E-state index contributed by atoms with van der Waals surface area (Å²) in [6.07, 6.45) is 0. The van der Waals surface area contributed by atoms with Gasteiger partial charge < -0.3 is 14.8 Å². The van der Waals surface area contributed by atoms with E-state index < -0.39 is 0 Å². The number of amides is 1. The Hall–Kier alpha value is -1.95. The van der Waals surface area contributed by atoms with Crippen molar-refractivity contribution in [1.29, 1.82) is 0 Å². The van der Waals surface area contributed by atoms with Crippen molar-refractivity contribution >= 4 is 50.5 Å². The Labute approximate surface area is 159 Å². The van der Waals surface area contributed by atoms with Gasteiger partial charge in [-0.25, -0.2) is 0 Å². The number of rotatable bonds is 5. The van der Waals surface area contributed by atoms with Crippen LogP contribution in [0.25, 0.3) is 10.1 Å². The van der Waals surface area contributed by atoms with Crippen molar-refractivity contribution in [3.63, 3.8) is 0 Å². The lowest BCUT2D eigenvalue weighted by molar-refractivity contribution is 0.0955. The summed E-state index contributed by atoms with van der Waals surface area (Å²) in [5.41, 5.74) is 0.895. The molecule has 1 amide bonds. The average Bonchev–Trinajstić information content (AvgIpc) is 2.95. The molecule has 1 heterocycles. The Morgan fingerprint density at radius 1 is 1.08 bits per heavy atom. The summed E-state index contributed by atoms with van der Waals surface area (Å²) >= 11 is 13.7. The third-order valence-corrected chi connectivity index (χ3v) is 5.59. The maximum absolute atomic E-state index is 12.5. The lowest BCUT2D eigenvalue weighted by atomic mass is 10.2. The van der Waals surface area contributed by atoms with Gasteiger partial charge in [0.05, 0.1) is 19.2 Å². The van der Waals surface area contributed by atoms with E-state index in [0.29, 0.717) is 33.0 Å². The molecule has 3 aromatic rings. The second-order valence-electron chi connectivity index (χ2n) is 5.26. The van der Waals surface area contributed by atoms with Gasteiger partial charge in [-0.3, -0.25) is 4.79 Å². The van der Waals surface area contributed by atoms with E-state index in [4.69, 9.17) is 32.7 Å². The molecule has 1 N–H and O–H groups in total. The van der Waals surface area contributed by atoms with E-state index in [9.17, 15) is 4.79 Å². The van der Waals surface area contributed by atoms with E-state index in [-0.39, 0.29) is 5.91 Å². The maximum Gasteiger partial charge on any atom is 0.263 e. The molecule has 7 heteroatoms. The minimum absolute atomic E-state index is 0.225. The van der Waals surface area contributed by atoms with Gasteiger partial charge in [0.25, 0.3) is 5.91 Å². The van der Waals surface area contributed by atoms with Crippen molar-refractivity contribution in [1.82, 2.24) is 5.32 Å². The molecule has 0 radical (unpaired) electrons. The molecule has 0 aliphatic carbocycles. The molecular formula is C18H15Cl2NO3S. The minimum Gasteiger partial charge on any atom is -0.493 e. The van der Waals surface area contributed by atoms with E-state index in [1.165, 1.54) is 11.3 Å². The highest BCUT2D eigenvalue weighted by Crippen LogP contribution is 2.36. The summed E-state index contributed by atoms with van der Waals surface area (Å²) < 4.78 is 11.4. The first kappa shape index (κ1) is 17.9. The van der Waals surface area contributed by atoms with Crippen LogP contribution in [0.3, 0.4) is 0 Å². The number of thiophene rings is 1. The highest BCUT2D eigenvalue weighted by molar-refractivity contribution is 7.21. The Bertz CT molecular complexity index is 939. The van der Waals surface area contributed by atoms with Crippen LogP contribution in [-0.4, -0.2) is 20.1 Å². The zero-order valence-corrected chi connectivity index (χ0v) is 15.9. The largest absolute Gasteiger partial charge is 0.493 e. The van der Waals surface area contributed by atoms with E-state index >= 15 is 0 Å². The van der Waals surface area contributed by atoms with Gasteiger partial charge in [0.1, 0.15) is 4.88 Å². The standard InChI is InChI=1S/C18H15Cl2NO3S/c1-23-13-6-3-10(7-14(13)24-2)9-21-18(22)17-16(20)12-5-4-11(19)8-15(12)25-17/h3-8H,9H2,1-2H3,(H,21,22). The van der Waals surface area contributed by atoms with Gasteiger partial charge in [-0.15, -0.1) is 11.3 Å². The fourth-order valence-corrected chi connectivity index (χ4v) is 4.15. The number of fused-ring (bicyclic) bond motifs is 1. The Balaban J connectivity index is 1.78. The summed E-state index contributed by atoms with van der Waals surface area (Å²) in [7, 11) is 3.15. The number of methoxy groups -OCH3 is 2.